The molecule has 1 N–H and O–H groups in total. The first-order chi connectivity index (χ1) is 8.63. The second-order valence-corrected chi connectivity index (χ2v) is 4.90. The van der Waals surface area contributed by atoms with E-state index in [9.17, 15) is 0 Å². The van der Waals surface area contributed by atoms with E-state index in [1.165, 1.54) is 0 Å². The molecule has 1 aromatic carbocycles. The molecule has 2 aromatic rings. The largest absolute Gasteiger partial charge is 0.313 e. The zero-order valence-corrected chi connectivity index (χ0v) is 11.8. The summed E-state index contributed by atoms with van der Waals surface area (Å²) in [5.74, 6) is 0. The standard InChI is InChI=1S/C14H14Cl2N2/c1-9(17-2)10-6-11(8-18-7-10)12-4-3-5-13(15)14(12)16/h3-9,17H,1-2H3. The molecule has 2 nitrogen and oxygen atoms in total. The van der Waals surface area contributed by atoms with Gasteiger partial charge in [-0.2, -0.15) is 0 Å². The Morgan fingerprint density at radius 3 is 2.72 bits per heavy atom. The highest BCUT2D eigenvalue weighted by atomic mass is 35.5. The first-order valence-electron chi connectivity index (χ1n) is 5.70. The van der Waals surface area contributed by atoms with Gasteiger partial charge >= 0.3 is 0 Å². The average Bonchev–Trinajstić information content (AvgIpc) is 2.41. The Morgan fingerprint density at radius 2 is 2.00 bits per heavy atom. The van der Waals surface area contributed by atoms with Crippen LogP contribution in [0.2, 0.25) is 10.0 Å². The minimum atomic E-state index is 0.246. The number of hydrogen-bond donors (Lipinski definition) is 1. The zero-order chi connectivity index (χ0) is 13.1. The molecule has 0 aliphatic carbocycles. The van der Waals surface area contributed by atoms with Gasteiger partial charge in [-0.3, -0.25) is 4.98 Å². The predicted octanol–water partition coefficient (Wildman–Crippen LogP) is 4.34. The maximum atomic E-state index is 6.22. The monoisotopic (exact) mass is 280 g/mol. The van der Waals surface area contributed by atoms with E-state index in [1.807, 2.05) is 25.4 Å². The topological polar surface area (TPSA) is 24.9 Å². The number of halogens is 2. The maximum Gasteiger partial charge on any atom is 0.0671 e. The van der Waals surface area contributed by atoms with E-state index < -0.39 is 0 Å². The molecule has 0 aliphatic rings. The molecule has 1 unspecified atom stereocenters. The zero-order valence-electron chi connectivity index (χ0n) is 10.2. The third kappa shape index (κ3) is 2.66. The fraction of sp³-hybridized carbons (Fsp3) is 0.214. The SMILES string of the molecule is CNC(C)c1cncc(-c2cccc(Cl)c2Cl)c1. The molecule has 4 heteroatoms. The minimum Gasteiger partial charge on any atom is -0.313 e. The summed E-state index contributed by atoms with van der Waals surface area (Å²) in [5.41, 5.74) is 3.00. The van der Waals surface area contributed by atoms with Gasteiger partial charge in [0, 0.05) is 29.6 Å². The van der Waals surface area contributed by atoms with Gasteiger partial charge in [0.15, 0.2) is 0 Å². The van der Waals surface area contributed by atoms with Crippen LogP contribution in [0.15, 0.2) is 36.7 Å². The second kappa shape index (κ2) is 5.70. The molecule has 0 aliphatic heterocycles. The molecule has 0 saturated carbocycles. The fourth-order valence-electron chi connectivity index (χ4n) is 1.74. The lowest BCUT2D eigenvalue weighted by Crippen LogP contribution is -2.12. The van der Waals surface area contributed by atoms with E-state index in [0.717, 1.165) is 16.7 Å². The van der Waals surface area contributed by atoms with Crippen LogP contribution in [0.5, 0.6) is 0 Å². The van der Waals surface area contributed by atoms with Gasteiger partial charge in [-0.1, -0.05) is 35.3 Å². The Labute approximate surface area is 117 Å². The number of pyridine rings is 1. The molecule has 94 valence electrons. The van der Waals surface area contributed by atoms with Crippen molar-refractivity contribution in [3.8, 4) is 11.1 Å². The normalized spacial score (nSPS) is 12.4. The molecule has 0 amide bonds. The van der Waals surface area contributed by atoms with Crippen molar-refractivity contribution in [1.29, 1.82) is 0 Å². The molecular formula is C14H14Cl2N2. The molecule has 1 aromatic heterocycles. The molecule has 1 atom stereocenters. The van der Waals surface area contributed by atoms with Crippen LogP contribution in [0.25, 0.3) is 11.1 Å². The van der Waals surface area contributed by atoms with Crippen LogP contribution >= 0.6 is 23.2 Å². The van der Waals surface area contributed by atoms with E-state index in [4.69, 9.17) is 23.2 Å². The Bertz CT molecular complexity index is 555. The Hall–Kier alpha value is -1.09. The summed E-state index contributed by atoms with van der Waals surface area (Å²) in [6.07, 6.45) is 3.65. The molecule has 0 bridgehead atoms. The van der Waals surface area contributed by atoms with Gasteiger partial charge in [-0.15, -0.1) is 0 Å². The van der Waals surface area contributed by atoms with E-state index in [0.29, 0.717) is 10.0 Å². The predicted molar refractivity (Wildman–Crippen MR) is 77.2 cm³/mol. The van der Waals surface area contributed by atoms with Crippen molar-refractivity contribution < 1.29 is 0 Å². The third-order valence-corrected chi connectivity index (χ3v) is 3.77. The van der Waals surface area contributed by atoms with E-state index in [-0.39, 0.29) is 6.04 Å². The van der Waals surface area contributed by atoms with Crippen molar-refractivity contribution in [3.05, 3.63) is 52.3 Å². The molecule has 2 rings (SSSR count). The van der Waals surface area contributed by atoms with Crippen LogP contribution < -0.4 is 5.32 Å². The van der Waals surface area contributed by atoms with Gasteiger partial charge in [0.05, 0.1) is 10.0 Å². The molecule has 0 saturated heterocycles. The number of benzene rings is 1. The van der Waals surface area contributed by atoms with Crippen molar-refractivity contribution in [2.75, 3.05) is 7.05 Å². The van der Waals surface area contributed by atoms with Gasteiger partial charge in [0.25, 0.3) is 0 Å². The number of rotatable bonds is 3. The van der Waals surface area contributed by atoms with Crippen molar-refractivity contribution in [1.82, 2.24) is 10.3 Å². The molecular weight excluding hydrogens is 267 g/mol. The highest BCUT2D eigenvalue weighted by molar-refractivity contribution is 6.43. The third-order valence-electron chi connectivity index (χ3n) is 2.96. The number of aromatic nitrogens is 1. The van der Waals surface area contributed by atoms with Crippen molar-refractivity contribution in [2.24, 2.45) is 0 Å². The van der Waals surface area contributed by atoms with Crippen molar-refractivity contribution in [3.63, 3.8) is 0 Å². The highest BCUT2D eigenvalue weighted by Crippen LogP contribution is 2.33. The summed E-state index contributed by atoms with van der Waals surface area (Å²) in [4.78, 5) is 4.26. The maximum absolute atomic E-state index is 6.22. The summed E-state index contributed by atoms with van der Waals surface area (Å²) in [5, 5.41) is 4.31. The molecule has 18 heavy (non-hydrogen) atoms. The Balaban J connectivity index is 2.48. The first kappa shape index (κ1) is 13.3. The molecule has 0 spiro atoms. The smallest absolute Gasteiger partial charge is 0.0671 e. The fourth-order valence-corrected chi connectivity index (χ4v) is 2.14. The van der Waals surface area contributed by atoms with Crippen molar-refractivity contribution >= 4 is 23.2 Å². The van der Waals surface area contributed by atoms with Gasteiger partial charge in [0.2, 0.25) is 0 Å². The summed E-state index contributed by atoms with van der Waals surface area (Å²) < 4.78 is 0. The summed E-state index contributed by atoms with van der Waals surface area (Å²) >= 11 is 12.2. The summed E-state index contributed by atoms with van der Waals surface area (Å²) in [6.45, 7) is 2.08. The van der Waals surface area contributed by atoms with Crippen LogP contribution in [-0.2, 0) is 0 Å². The van der Waals surface area contributed by atoms with Gasteiger partial charge < -0.3 is 5.32 Å². The van der Waals surface area contributed by atoms with E-state index in [2.05, 4.69) is 23.3 Å². The highest BCUT2D eigenvalue weighted by Gasteiger charge is 2.09. The summed E-state index contributed by atoms with van der Waals surface area (Å²) in [6, 6.07) is 7.93. The van der Waals surface area contributed by atoms with Gasteiger partial charge in [0.1, 0.15) is 0 Å². The van der Waals surface area contributed by atoms with Crippen LogP contribution in [0, 0.1) is 0 Å². The molecule has 1 heterocycles. The average molecular weight is 281 g/mol. The quantitative estimate of drug-likeness (QED) is 0.905. The lowest BCUT2D eigenvalue weighted by Gasteiger charge is -2.12. The van der Waals surface area contributed by atoms with Crippen LogP contribution in [-0.4, -0.2) is 12.0 Å². The van der Waals surface area contributed by atoms with E-state index in [1.54, 1.807) is 12.3 Å². The second-order valence-electron chi connectivity index (χ2n) is 4.12. The minimum absolute atomic E-state index is 0.246. The van der Waals surface area contributed by atoms with Crippen LogP contribution in [0.4, 0.5) is 0 Å². The molecule has 0 fully saturated rings. The van der Waals surface area contributed by atoms with Crippen LogP contribution in [0.1, 0.15) is 18.5 Å². The van der Waals surface area contributed by atoms with Crippen LogP contribution in [0.3, 0.4) is 0 Å². The number of nitrogens with one attached hydrogen (secondary N) is 1. The lowest BCUT2D eigenvalue weighted by atomic mass is 10.0. The van der Waals surface area contributed by atoms with Gasteiger partial charge in [-0.05, 0) is 31.7 Å². The van der Waals surface area contributed by atoms with Crippen molar-refractivity contribution in [2.45, 2.75) is 13.0 Å². The van der Waals surface area contributed by atoms with E-state index >= 15 is 0 Å². The number of hydrogen-bond acceptors (Lipinski definition) is 2. The number of nitrogens with zero attached hydrogens (tertiary/aromatic N) is 1. The lowest BCUT2D eigenvalue weighted by molar-refractivity contribution is 0.650. The summed E-state index contributed by atoms with van der Waals surface area (Å²) in [7, 11) is 1.92. The first-order valence-corrected chi connectivity index (χ1v) is 6.45. The molecule has 0 radical (unpaired) electrons. The Morgan fingerprint density at radius 1 is 1.22 bits per heavy atom. The Kier molecular flexibility index (Phi) is 4.23. The van der Waals surface area contributed by atoms with Gasteiger partial charge in [-0.25, -0.2) is 0 Å².